The molecule has 2 N–H and O–H groups in total. The third-order valence-corrected chi connectivity index (χ3v) is 2.80. The minimum Gasteiger partial charge on any atom is -0.312 e. The van der Waals surface area contributed by atoms with E-state index >= 15 is 0 Å². The zero-order valence-corrected chi connectivity index (χ0v) is 10.3. The van der Waals surface area contributed by atoms with Gasteiger partial charge in [-0.15, -0.1) is 0 Å². The summed E-state index contributed by atoms with van der Waals surface area (Å²) in [5, 5.41) is 14.6. The summed E-state index contributed by atoms with van der Waals surface area (Å²) in [6, 6.07) is 1.95. The molecule has 0 spiro atoms. The number of H-pyrrole nitrogens is 1. The Kier molecular flexibility index (Phi) is 3.93. The highest BCUT2D eigenvalue weighted by Gasteiger charge is 2.04. The van der Waals surface area contributed by atoms with E-state index in [2.05, 4.69) is 27.5 Å². The molecule has 0 bridgehead atoms. The van der Waals surface area contributed by atoms with E-state index in [1.165, 1.54) is 5.56 Å². The third kappa shape index (κ3) is 3.42. The van der Waals surface area contributed by atoms with Crippen molar-refractivity contribution in [2.24, 2.45) is 5.92 Å². The van der Waals surface area contributed by atoms with Crippen LogP contribution in [0.3, 0.4) is 0 Å². The van der Waals surface area contributed by atoms with Crippen molar-refractivity contribution in [3.8, 4) is 0 Å². The van der Waals surface area contributed by atoms with Crippen molar-refractivity contribution in [3.63, 3.8) is 0 Å². The number of aromatic amines is 1. The first-order valence-corrected chi connectivity index (χ1v) is 5.92. The monoisotopic (exact) mass is 233 g/mol. The van der Waals surface area contributed by atoms with Crippen LogP contribution in [0.15, 0.2) is 24.7 Å². The number of aromatic nitrogens is 4. The summed E-state index contributed by atoms with van der Waals surface area (Å²) in [6.07, 6.45) is 5.69. The molecule has 0 aliphatic heterocycles. The summed E-state index contributed by atoms with van der Waals surface area (Å²) >= 11 is 0. The number of nitrogens with one attached hydrogen (secondary N) is 2. The topological polar surface area (TPSA) is 58.5 Å². The Morgan fingerprint density at radius 1 is 1.53 bits per heavy atom. The second kappa shape index (κ2) is 5.63. The molecule has 1 unspecified atom stereocenters. The smallest absolute Gasteiger partial charge is 0.0535 e. The highest BCUT2D eigenvalue weighted by Crippen LogP contribution is 2.03. The Bertz CT molecular complexity index is 431. The van der Waals surface area contributed by atoms with Gasteiger partial charge in [-0.2, -0.15) is 10.2 Å². The van der Waals surface area contributed by atoms with Gasteiger partial charge >= 0.3 is 0 Å². The predicted molar refractivity (Wildman–Crippen MR) is 66.4 cm³/mol. The largest absolute Gasteiger partial charge is 0.312 e. The molecule has 5 heteroatoms. The fraction of sp³-hybridized carbons (Fsp3) is 0.500. The van der Waals surface area contributed by atoms with E-state index in [4.69, 9.17) is 0 Å². The van der Waals surface area contributed by atoms with Crippen LogP contribution in [0.5, 0.6) is 0 Å². The summed E-state index contributed by atoms with van der Waals surface area (Å²) in [5.41, 5.74) is 2.37. The van der Waals surface area contributed by atoms with Gasteiger partial charge in [0, 0.05) is 36.7 Å². The van der Waals surface area contributed by atoms with Gasteiger partial charge in [0.1, 0.15) is 0 Å². The SMILES string of the molecule is Cc1[nH]ncc1CNCC(C)Cn1cccn1. The highest BCUT2D eigenvalue weighted by molar-refractivity contribution is 5.13. The molecule has 2 aromatic rings. The first-order chi connectivity index (χ1) is 8.25. The van der Waals surface area contributed by atoms with Crippen molar-refractivity contribution in [2.75, 3.05) is 6.54 Å². The molecule has 0 aromatic carbocycles. The van der Waals surface area contributed by atoms with Gasteiger partial charge in [-0.3, -0.25) is 9.78 Å². The van der Waals surface area contributed by atoms with Crippen LogP contribution in [0.2, 0.25) is 0 Å². The van der Waals surface area contributed by atoms with Crippen molar-refractivity contribution in [1.82, 2.24) is 25.3 Å². The average molecular weight is 233 g/mol. The van der Waals surface area contributed by atoms with E-state index in [9.17, 15) is 0 Å². The molecule has 0 saturated heterocycles. The Morgan fingerprint density at radius 3 is 3.06 bits per heavy atom. The van der Waals surface area contributed by atoms with Crippen LogP contribution < -0.4 is 5.32 Å². The maximum absolute atomic E-state index is 4.20. The minimum absolute atomic E-state index is 0.558. The molecule has 92 valence electrons. The molecule has 0 fully saturated rings. The minimum atomic E-state index is 0.558. The van der Waals surface area contributed by atoms with Gasteiger partial charge in [0.05, 0.1) is 6.20 Å². The first kappa shape index (κ1) is 11.9. The normalized spacial score (nSPS) is 12.8. The molecule has 0 aliphatic carbocycles. The van der Waals surface area contributed by atoms with E-state index in [1.54, 1.807) is 0 Å². The molecule has 2 aromatic heterocycles. The fourth-order valence-corrected chi connectivity index (χ4v) is 1.80. The van der Waals surface area contributed by atoms with E-state index < -0.39 is 0 Å². The van der Waals surface area contributed by atoms with E-state index in [0.29, 0.717) is 5.92 Å². The lowest BCUT2D eigenvalue weighted by Gasteiger charge is -2.12. The van der Waals surface area contributed by atoms with Crippen molar-refractivity contribution < 1.29 is 0 Å². The van der Waals surface area contributed by atoms with E-state index in [1.807, 2.05) is 36.3 Å². The molecule has 0 aliphatic rings. The standard InChI is InChI=1S/C12H19N5/c1-10(9-17-5-3-4-15-17)6-13-7-12-8-14-16-11(12)2/h3-5,8,10,13H,6-7,9H2,1-2H3,(H,14,16). The summed E-state index contributed by atoms with van der Waals surface area (Å²) in [5.74, 6) is 0.558. The van der Waals surface area contributed by atoms with E-state index in [-0.39, 0.29) is 0 Å². The Balaban J connectivity index is 1.70. The second-order valence-electron chi connectivity index (χ2n) is 4.48. The zero-order valence-electron chi connectivity index (χ0n) is 10.3. The molecule has 2 heterocycles. The zero-order chi connectivity index (χ0) is 12.1. The molecule has 1 atom stereocenters. The highest BCUT2D eigenvalue weighted by atomic mass is 15.3. The fourth-order valence-electron chi connectivity index (χ4n) is 1.80. The summed E-state index contributed by atoms with van der Waals surface area (Å²) in [4.78, 5) is 0. The molecule has 0 saturated carbocycles. The molecular weight excluding hydrogens is 214 g/mol. The van der Waals surface area contributed by atoms with Gasteiger partial charge in [0.25, 0.3) is 0 Å². The number of hydrogen-bond acceptors (Lipinski definition) is 3. The van der Waals surface area contributed by atoms with Gasteiger partial charge in [-0.25, -0.2) is 0 Å². The van der Waals surface area contributed by atoms with Gasteiger partial charge in [-0.1, -0.05) is 6.92 Å². The lowest BCUT2D eigenvalue weighted by Crippen LogP contribution is -2.24. The van der Waals surface area contributed by atoms with Gasteiger partial charge in [0.15, 0.2) is 0 Å². The lowest BCUT2D eigenvalue weighted by molar-refractivity contribution is 0.421. The van der Waals surface area contributed by atoms with Crippen LogP contribution in [-0.4, -0.2) is 26.5 Å². The van der Waals surface area contributed by atoms with Crippen LogP contribution in [0, 0.1) is 12.8 Å². The first-order valence-electron chi connectivity index (χ1n) is 5.92. The Morgan fingerprint density at radius 2 is 2.41 bits per heavy atom. The molecule has 0 amide bonds. The molecule has 5 nitrogen and oxygen atoms in total. The van der Waals surface area contributed by atoms with Gasteiger partial charge < -0.3 is 5.32 Å². The third-order valence-electron chi connectivity index (χ3n) is 2.80. The number of rotatable bonds is 6. The summed E-state index contributed by atoms with van der Waals surface area (Å²) in [7, 11) is 0. The van der Waals surface area contributed by atoms with Crippen LogP contribution >= 0.6 is 0 Å². The second-order valence-corrected chi connectivity index (χ2v) is 4.48. The van der Waals surface area contributed by atoms with Crippen LogP contribution in [0.1, 0.15) is 18.2 Å². The molecule has 17 heavy (non-hydrogen) atoms. The van der Waals surface area contributed by atoms with Crippen molar-refractivity contribution >= 4 is 0 Å². The maximum atomic E-state index is 4.20. The Hall–Kier alpha value is -1.62. The number of hydrogen-bond donors (Lipinski definition) is 2. The summed E-state index contributed by atoms with van der Waals surface area (Å²) in [6.45, 7) is 7.05. The molecule has 2 rings (SSSR count). The molecule has 0 radical (unpaired) electrons. The number of aryl methyl sites for hydroxylation is 1. The molecular formula is C12H19N5. The maximum Gasteiger partial charge on any atom is 0.0535 e. The van der Waals surface area contributed by atoms with Gasteiger partial charge in [0.2, 0.25) is 0 Å². The van der Waals surface area contributed by atoms with Crippen LogP contribution in [-0.2, 0) is 13.1 Å². The number of nitrogens with zero attached hydrogens (tertiary/aromatic N) is 3. The van der Waals surface area contributed by atoms with Crippen LogP contribution in [0.4, 0.5) is 0 Å². The Labute approximate surface area is 101 Å². The van der Waals surface area contributed by atoms with Crippen molar-refractivity contribution in [1.29, 1.82) is 0 Å². The van der Waals surface area contributed by atoms with Crippen molar-refractivity contribution in [3.05, 3.63) is 35.9 Å². The lowest BCUT2D eigenvalue weighted by atomic mass is 10.2. The predicted octanol–water partition coefficient (Wildman–Crippen LogP) is 1.34. The van der Waals surface area contributed by atoms with Gasteiger partial charge in [-0.05, 0) is 25.5 Å². The van der Waals surface area contributed by atoms with Crippen LogP contribution in [0.25, 0.3) is 0 Å². The summed E-state index contributed by atoms with van der Waals surface area (Å²) < 4.78 is 1.97. The average Bonchev–Trinajstić information content (AvgIpc) is 2.91. The quantitative estimate of drug-likeness (QED) is 0.791. The van der Waals surface area contributed by atoms with Crippen molar-refractivity contribution in [2.45, 2.75) is 26.9 Å². The van der Waals surface area contributed by atoms with E-state index in [0.717, 1.165) is 25.3 Å².